The van der Waals surface area contributed by atoms with Crippen molar-refractivity contribution in [2.24, 2.45) is 7.05 Å². The van der Waals surface area contributed by atoms with E-state index in [9.17, 15) is 4.79 Å². The van der Waals surface area contributed by atoms with Gasteiger partial charge in [0.1, 0.15) is 0 Å². The topological polar surface area (TPSA) is 68.2 Å². The summed E-state index contributed by atoms with van der Waals surface area (Å²) in [7, 11) is 1.97. The molecule has 2 atom stereocenters. The molecule has 1 saturated carbocycles. The molecule has 1 amide bonds. The molecule has 3 rings (SSSR count). The first kappa shape index (κ1) is 15.5. The first-order valence-electron chi connectivity index (χ1n) is 8.20. The van der Waals surface area contributed by atoms with Crippen molar-refractivity contribution in [3.8, 4) is 0 Å². The van der Waals surface area contributed by atoms with Gasteiger partial charge in [-0.2, -0.15) is 0 Å². The van der Waals surface area contributed by atoms with Crippen LogP contribution in [-0.4, -0.2) is 39.7 Å². The smallest absolute Gasteiger partial charge is 0.220 e. The van der Waals surface area contributed by atoms with Crippen molar-refractivity contribution in [1.29, 1.82) is 0 Å². The highest BCUT2D eigenvalue weighted by molar-refractivity contribution is 5.77. The minimum Gasteiger partial charge on any atom is -0.375 e. The fraction of sp³-hybridized carbons (Fsp3) is 0.750. The molecule has 1 saturated heterocycles. The van der Waals surface area contributed by atoms with Gasteiger partial charge in [0.05, 0.1) is 36.5 Å². The van der Waals surface area contributed by atoms with Gasteiger partial charge in [0, 0.05) is 25.6 Å². The van der Waals surface area contributed by atoms with Gasteiger partial charge in [-0.15, -0.1) is 0 Å². The van der Waals surface area contributed by atoms with E-state index in [-0.39, 0.29) is 18.0 Å². The van der Waals surface area contributed by atoms with Gasteiger partial charge >= 0.3 is 0 Å². The number of aryl methyl sites for hydroxylation is 1. The van der Waals surface area contributed by atoms with E-state index in [0.717, 1.165) is 25.0 Å². The lowest BCUT2D eigenvalue weighted by Gasteiger charge is -2.42. The molecular formula is C16H26N4O2. The van der Waals surface area contributed by atoms with Crippen LogP contribution in [0.3, 0.4) is 0 Å². The maximum absolute atomic E-state index is 11.8. The summed E-state index contributed by atoms with van der Waals surface area (Å²) in [5, 5.41) is 6.82. The maximum Gasteiger partial charge on any atom is 0.220 e. The highest BCUT2D eigenvalue weighted by atomic mass is 16.5. The third kappa shape index (κ3) is 3.33. The van der Waals surface area contributed by atoms with E-state index in [1.165, 1.54) is 0 Å². The van der Waals surface area contributed by atoms with Crippen molar-refractivity contribution in [2.45, 2.75) is 69.9 Å². The summed E-state index contributed by atoms with van der Waals surface area (Å²) >= 11 is 0. The fourth-order valence-corrected chi connectivity index (χ4v) is 3.43. The Morgan fingerprint density at radius 3 is 2.86 bits per heavy atom. The van der Waals surface area contributed by atoms with Crippen molar-refractivity contribution in [3.05, 3.63) is 18.2 Å². The van der Waals surface area contributed by atoms with E-state index >= 15 is 0 Å². The van der Waals surface area contributed by atoms with Crippen molar-refractivity contribution >= 4 is 5.91 Å². The standard InChI is InChI=1S/C16H26N4O2/c1-10(2)22-12-6-11(7-12)18-13-4-5-15(21)19-16(13)14-8-17-9-20(14)3/h8-13,16,18H,4-7H2,1-3H3,(H,19,21)/t11?,12?,13-,16-/m1/s1. The summed E-state index contributed by atoms with van der Waals surface area (Å²) in [5.74, 6) is 0.124. The predicted octanol–water partition coefficient (Wildman–Crippen LogP) is 1.29. The van der Waals surface area contributed by atoms with Gasteiger partial charge in [0.25, 0.3) is 0 Å². The summed E-state index contributed by atoms with van der Waals surface area (Å²) in [4.78, 5) is 16.0. The minimum atomic E-state index is -0.00110. The van der Waals surface area contributed by atoms with E-state index in [1.807, 2.05) is 17.8 Å². The van der Waals surface area contributed by atoms with Gasteiger partial charge in [0.2, 0.25) is 5.91 Å². The van der Waals surface area contributed by atoms with Crippen LogP contribution in [-0.2, 0) is 16.6 Å². The van der Waals surface area contributed by atoms with Gasteiger partial charge in [0.15, 0.2) is 0 Å². The van der Waals surface area contributed by atoms with Gasteiger partial charge in [-0.3, -0.25) is 4.79 Å². The number of carbonyl (C=O) groups is 1. The molecule has 0 bridgehead atoms. The van der Waals surface area contributed by atoms with Crippen LogP contribution < -0.4 is 10.6 Å². The molecule has 22 heavy (non-hydrogen) atoms. The van der Waals surface area contributed by atoms with Crippen molar-refractivity contribution in [3.63, 3.8) is 0 Å². The zero-order chi connectivity index (χ0) is 15.7. The second-order valence-electron chi connectivity index (χ2n) is 6.76. The second kappa shape index (κ2) is 6.38. The summed E-state index contributed by atoms with van der Waals surface area (Å²) < 4.78 is 7.80. The number of hydrogen-bond donors (Lipinski definition) is 2. The Hall–Kier alpha value is -1.40. The molecule has 1 aromatic heterocycles. The molecule has 0 aromatic carbocycles. The highest BCUT2D eigenvalue weighted by Crippen LogP contribution is 2.29. The molecule has 2 fully saturated rings. The van der Waals surface area contributed by atoms with Gasteiger partial charge in [-0.05, 0) is 33.1 Å². The van der Waals surface area contributed by atoms with Crippen LogP contribution in [0.2, 0.25) is 0 Å². The fourth-order valence-electron chi connectivity index (χ4n) is 3.43. The van der Waals surface area contributed by atoms with E-state index in [4.69, 9.17) is 4.74 Å². The molecule has 0 unspecified atom stereocenters. The SMILES string of the molecule is CC(C)OC1CC(N[C@@H]2CCC(=O)N[C@H]2c2cncn2C)C1. The van der Waals surface area contributed by atoms with Crippen molar-refractivity contribution in [1.82, 2.24) is 20.2 Å². The molecule has 0 radical (unpaired) electrons. The lowest BCUT2D eigenvalue weighted by atomic mass is 9.86. The molecule has 0 spiro atoms. The first-order chi connectivity index (χ1) is 10.5. The lowest BCUT2D eigenvalue weighted by molar-refractivity contribution is -0.124. The number of piperidine rings is 1. The second-order valence-corrected chi connectivity index (χ2v) is 6.76. The number of rotatable bonds is 5. The molecule has 122 valence electrons. The van der Waals surface area contributed by atoms with Gasteiger partial charge < -0.3 is 19.9 Å². The molecule has 2 N–H and O–H groups in total. The van der Waals surface area contributed by atoms with E-state index in [2.05, 4.69) is 29.5 Å². The molecule has 6 nitrogen and oxygen atoms in total. The van der Waals surface area contributed by atoms with Crippen LogP contribution in [0.4, 0.5) is 0 Å². The number of ether oxygens (including phenoxy) is 1. The maximum atomic E-state index is 11.8. The van der Waals surface area contributed by atoms with Crippen molar-refractivity contribution < 1.29 is 9.53 Å². The molecule has 1 aliphatic carbocycles. The number of hydrogen-bond acceptors (Lipinski definition) is 4. The van der Waals surface area contributed by atoms with E-state index in [1.54, 1.807) is 6.33 Å². The average Bonchev–Trinajstić information content (AvgIpc) is 2.83. The summed E-state index contributed by atoms with van der Waals surface area (Å²) in [6.45, 7) is 4.16. The van der Waals surface area contributed by atoms with Gasteiger partial charge in [-0.25, -0.2) is 4.98 Å². The molecule has 1 aliphatic heterocycles. The number of carbonyl (C=O) groups excluding carboxylic acids is 1. The van der Waals surface area contributed by atoms with E-state index in [0.29, 0.717) is 24.7 Å². The summed E-state index contributed by atoms with van der Waals surface area (Å²) in [5.41, 5.74) is 1.06. The Balaban J connectivity index is 1.60. The van der Waals surface area contributed by atoms with Crippen LogP contribution in [0.25, 0.3) is 0 Å². The largest absolute Gasteiger partial charge is 0.375 e. The Kier molecular flexibility index (Phi) is 4.49. The molecule has 2 aliphatic rings. The van der Waals surface area contributed by atoms with Crippen LogP contribution in [0.15, 0.2) is 12.5 Å². The first-order valence-corrected chi connectivity index (χ1v) is 8.20. The average molecular weight is 306 g/mol. The van der Waals surface area contributed by atoms with Crippen LogP contribution in [0.5, 0.6) is 0 Å². The zero-order valence-electron chi connectivity index (χ0n) is 13.6. The molecule has 2 heterocycles. The minimum absolute atomic E-state index is 0.00110. The molecular weight excluding hydrogens is 280 g/mol. The number of nitrogens with zero attached hydrogens (tertiary/aromatic N) is 2. The summed E-state index contributed by atoms with van der Waals surface area (Å²) in [6.07, 6.45) is 7.87. The predicted molar refractivity (Wildman–Crippen MR) is 83.3 cm³/mol. The Morgan fingerprint density at radius 2 is 2.23 bits per heavy atom. The Bertz CT molecular complexity index is 522. The summed E-state index contributed by atoms with van der Waals surface area (Å²) in [6, 6.07) is 0.747. The molecule has 1 aromatic rings. The third-order valence-corrected chi connectivity index (χ3v) is 4.58. The van der Waals surface area contributed by atoms with Gasteiger partial charge in [-0.1, -0.05) is 0 Å². The monoisotopic (exact) mass is 306 g/mol. The molecule has 6 heteroatoms. The number of aromatic nitrogens is 2. The van der Waals surface area contributed by atoms with Crippen LogP contribution >= 0.6 is 0 Å². The number of amides is 1. The Labute approximate surface area is 131 Å². The number of imidazole rings is 1. The highest BCUT2D eigenvalue weighted by Gasteiger charge is 2.37. The quantitative estimate of drug-likeness (QED) is 0.860. The zero-order valence-corrected chi connectivity index (χ0v) is 13.6. The van der Waals surface area contributed by atoms with Crippen LogP contribution in [0, 0.1) is 0 Å². The third-order valence-electron chi connectivity index (χ3n) is 4.58. The lowest BCUT2D eigenvalue weighted by Crippen LogP contribution is -2.56. The van der Waals surface area contributed by atoms with Crippen molar-refractivity contribution in [2.75, 3.05) is 0 Å². The van der Waals surface area contributed by atoms with E-state index < -0.39 is 0 Å². The Morgan fingerprint density at radius 1 is 1.45 bits per heavy atom. The van der Waals surface area contributed by atoms with Crippen LogP contribution in [0.1, 0.15) is 51.3 Å². The normalized spacial score (nSPS) is 31.9. The number of nitrogens with one attached hydrogen (secondary N) is 2.